The normalized spacial score (nSPS) is 10.9. The first kappa shape index (κ1) is 25.5. The molecule has 0 aliphatic carbocycles. The van der Waals surface area contributed by atoms with Crippen LogP contribution in [0, 0.1) is 17.0 Å². The van der Waals surface area contributed by atoms with Gasteiger partial charge >= 0.3 is 0 Å². The van der Waals surface area contributed by atoms with Gasteiger partial charge in [-0.2, -0.15) is 5.10 Å². The molecule has 11 heteroatoms. The number of ether oxygens (including phenoxy) is 2. The second-order valence-electron chi connectivity index (χ2n) is 7.03. The fourth-order valence-corrected chi connectivity index (χ4v) is 3.81. The molecule has 0 radical (unpaired) electrons. The molecule has 1 N–H and O–H groups in total. The average molecular weight is 567 g/mol. The van der Waals surface area contributed by atoms with Gasteiger partial charge in [0.25, 0.3) is 11.6 Å². The van der Waals surface area contributed by atoms with E-state index in [0.717, 1.165) is 5.56 Å². The molecule has 0 aliphatic rings. The highest BCUT2D eigenvalue weighted by molar-refractivity contribution is 9.10. The number of methoxy groups -OCH3 is 1. The highest BCUT2D eigenvalue weighted by atomic mass is 79.9. The summed E-state index contributed by atoms with van der Waals surface area (Å²) in [6.07, 6.45) is 1.41. The number of rotatable bonds is 8. The standard InChI is InChI=1S/C23H18BrCl2N3O5/c1-13-3-5-16(10-20(13)29(31)32)23(30)28-27-11-15-7-17(24)22(21(9-15)33-2)34-12-14-4-6-18(25)19(26)8-14/h3-11H,12H2,1-2H3,(H,28,30)/b27-11-. The molecule has 3 rings (SSSR count). The van der Waals surface area contributed by atoms with E-state index < -0.39 is 10.8 Å². The molecule has 0 heterocycles. The summed E-state index contributed by atoms with van der Waals surface area (Å²) in [6, 6.07) is 12.8. The van der Waals surface area contributed by atoms with Gasteiger partial charge in [0.1, 0.15) is 6.61 Å². The number of nitro groups is 1. The zero-order valence-corrected chi connectivity index (χ0v) is 21.1. The molecule has 0 spiro atoms. The smallest absolute Gasteiger partial charge is 0.273 e. The lowest BCUT2D eigenvalue weighted by Crippen LogP contribution is -2.17. The monoisotopic (exact) mass is 565 g/mol. The van der Waals surface area contributed by atoms with E-state index in [2.05, 4.69) is 26.5 Å². The van der Waals surface area contributed by atoms with Gasteiger partial charge in [-0.15, -0.1) is 0 Å². The third-order valence-electron chi connectivity index (χ3n) is 4.67. The number of carbonyl (C=O) groups excluding carboxylic acids is 1. The van der Waals surface area contributed by atoms with Crippen molar-refractivity contribution >= 4 is 56.9 Å². The summed E-state index contributed by atoms with van der Waals surface area (Å²) in [5.41, 5.74) is 4.25. The maximum atomic E-state index is 12.3. The number of hydrogen-bond donors (Lipinski definition) is 1. The molecule has 1 amide bonds. The largest absolute Gasteiger partial charge is 0.493 e. The van der Waals surface area contributed by atoms with Crippen molar-refractivity contribution in [2.45, 2.75) is 13.5 Å². The second-order valence-corrected chi connectivity index (χ2v) is 8.70. The van der Waals surface area contributed by atoms with Crippen molar-refractivity contribution in [3.63, 3.8) is 0 Å². The number of carbonyl (C=O) groups is 1. The van der Waals surface area contributed by atoms with Gasteiger partial charge in [-0.05, 0) is 64.3 Å². The Labute approximate surface area is 213 Å². The predicted octanol–water partition coefficient (Wildman–Crippen LogP) is 6.32. The zero-order valence-electron chi connectivity index (χ0n) is 18.0. The first-order chi connectivity index (χ1) is 16.2. The molecule has 3 aromatic rings. The summed E-state index contributed by atoms with van der Waals surface area (Å²) in [5.74, 6) is 0.338. The van der Waals surface area contributed by atoms with Crippen LogP contribution >= 0.6 is 39.1 Å². The topological polar surface area (TPSA) is 103 Å². The molecule has 0 fully saturated rings. The SMILES string of the molecule is COc1cc(/C=N\NC(=O)c2ccc(C)c([N+](=O)[O-])c2)cc(Br)c1OCc1ccc(Cl)c(Cl)c1. The Bertz CT molecular complexity index is 1280. The quantitative estimate of drug-likeness (QED) is 0.195. The van der Waals surface area contributed by atoms with Crippen molar-refractivity contribution in [2.75, 3.05) is 7.11 Å². The van der Waals surface area contributed by atoms with Crippen LogP contribution in [-0.2, 0) is 6.61 Å². The number of nitrogens with one attached hydrogen (secondary N) is 1. The Kier molecular flexibility index (Phi) is 8.49. The van der Waals surface area contributed by atoms with Gasteiger partial charge in [0, 0.05) is 17.2 Å². The third-order valence-corrected chi connectivity index (χ3v) is 5.99. The fraction of sp³-hybridized carbons (Fsp3) is 0.130. The molecular formula is C23H18BrCl2N3O5. The first-order valence-corrected chi connectivity index (χ1v) is 11.3. The van der Waals surface area contributed by atoms with E-state index in [0.29, 0.717) is 37.1 Å². The van der Waals surface area contributed by atoms with Gasteiger partial charge in [0.05, 0.1) is 32.8 Å². The van der Waals surface area contributed by atoms with Gasteiger partial charge in [-0.25, -0.2) is 5.43 Å². The van der Waals surface area contributed by atoms with Crippen LogP contribution in [0.25, 0.3) is 0 Å². The molecule has 0 saturated heterocycles. The number of nitrogens with zero attached hydrogens (tertiary/aromatic N) is 2. The van der Waals surface area contributed by atoms with Crippen LogP contribution in [0.1, 0.15) is 27.0 Å². The maximum absolute atomic E-state index is 12.3. The van der Waals surface area contributed by atoms with Gasteiger partial charge in [-0.3, -0.25) is 14.9 Å². The third kappa shape index (κ3) is 6.25. The molecule has 0 aliphatic heterocycles. The molecule has 0 unspecified atom stereocenters. The number of hydrogen-bond acceptors (Lipinski definition) is 6. The van der Waals surface area contributed by atoms with Crippen LogP contribution in [0.15, 0.2) is 58.1 Å². The molecule has 0 atom stereocenters. The summed E-state index contributed by atoms with van der Waals surface area (Å²) in [7, 11) is 1.50. The van der Waals surface area contributed by atoms with Crippen LogP contribution in [-0.4, -0.2) is 24.2 Å². The van der Waals surface area contributed by atoms with E-state index in [-0.39, 0.29) is 17.9 Å². The molecular weight excluding hydrogens is 549 g/mol. The summed E-state index contributed by atoms with van der Waals surface area (Å²) >= 11 is 15.5. The van der Waals surface area contributed by atoms with Gasteiger partial charge in [0.2, 0.25) is 0 Å². The number of nitro benzene ring substituents is 1. The van der Waals surface area contributed by atoms with Crippen molar-refractivity contribution in [2.24, 2.45) is 5.10 Å². The van der Waals surface area contributed by atoms with E-state index >= 15 is 0 Å². The minimum atomic E-state index is -0.577. The number of benzene rings is 3. The minimum Gasteiger partial charge on any atom is -0.493 e. The van der Waals surface area contributed by atoms with Gasteiger partial charge < -0.3 is 9.47 Å². The Morgan fingerprint density at radius 3 is 2.62 bits per heavy atom. The Morgan fingerprint density at radius 1 is 1.18 bits per heavy atom. The molecule has 8 nitrogen and oxygen atoms in total. The van der Waals surface area contributed by atoms with Crippen LogP contribution in [0.4, 0.5) is 5.69 Å². The molecule has 0 bridgehead atoms. The van der Waals surface area contributed by atoms with Crippen LogP contribution in [0.3, 0.4) is 0 Å². The summed E-state index contributed by atoms with van der Waals surface area (Å²) in [4.78, 5) is 22.9. The lowest BCUT2D eigenvalue weighted by Gasteiger charge is -2.14. The van der Waals surface area contributed by atoms with Crippen LogP contribution < -0.4 is 14.9 Å². The number of hydrazone groups is 1. The zero-order chi connectivity index (χ0) is 24.8. The maximum Gasteiger partial charge on any atom is 0.273 e. The van der Waals surface area contributed by atoms with Crippen molar-refractivity contribution in [3.8, 4) is 11.5 Å². The summed E-state index contributed by atoms with van der Waals surface area (Å²) in [5, 5.41) is 15.9. The average Bonchev–Trinajstić information content (AvgIpc) is 2.80. The van der Waals surface area contributed by atoms with Crippen LogP contribution in [0.2, 0.25) is 10.0 Å². The highest BCUT2D eigenvalue weighted by Gasteiger charge is 2.15. The number of aryl methyl sites for hydroxylation is 1. The predicted molar refractivity (Wildman–Crippen MR) is 134 cm³/mol. The minimum absolute atomic E-state index is 0.124. The van der Waals surface area contributed by atoms with Crippen LogP contribution in [0.5, 0.6) is 11.5 Å². The molecule has 176 valence electrons. The van der Waals surface area contributed by atoms with E-state index in [4.69, 9.17) is 32.7 Å². The Balaban J connectivity index is 1.71. The molecule has 0 saturated carbocycles. The highest BCUT2D eigenvalue weighted by Crippen LogP contribution is 2.37. The first-order valence-electron chi connectivity index (χ1n) is 9.72. The van der Waals surface area contributed by atoms with E-state index in [9.17, 15) is 14.9 Å². The van der Waals surface area contributed by atoms with Crippen molar-refractivity contribution in [1.29, 1.82) is 0 Å². The summed E-state index contributed by atoms with van der Waals surface area (Å²) < 4.78 is 11.9. The number of halogens is 3. The number of amides is 1. The van der Waals surface area contributed by atoms with Crippen molar-refractivity contribution < 1.29 is 19.2 Å². The van der Waals surface area contributed by atoms with E-state index in [1.165, 1.54) is 31.5 Å². The molecule has 3 aromatic carbocycles. The molecule has 34 heavy (non-hydrogen) atoms. The Morgan fingerprint density at radius 2 is 1.94 bits per heavy atom. The van der Waals surface area contributed by atoms with E-state index in [1.54, 1.807) is 37.3 Å². The van der Waals surface area contributed by atoms with Gasteiger partial charge in [0.15, 0.2) is 11.5 Å². The fourth-order valence-electron chi connectivity index (χ4n) is 2.92. The Hall–Kier alpha value is -3.14. The van der Waals surface area contributed by atoms with Gasteiger partial charge in [-0.1, -0.05) is 35.3 Å². The molecule has 0 aromatic heterocycles. The van der Waals surface area contributed by atoms with Crippen molar-refractivity contribution in [3.05, 3.63) is 95.4 Å². The lowest BCUT2D eigenvalue weighted by atomic mass is 10.1. The lowest BCUT2D eigenvalue weighted by molar-refractivity contribution is -0.385. The summed E-state index contributed by atoms with van der Waals surface area (Å²) in [6.45, 7) is 1.83. The van der Waals surface area contributed by atoms with Crippen molar-refractivity contribution in [1.82, 2.24) is 5.43 Å². The van der Waals surface area contributed by atoms with E-state index in [1.807, 2.05) is 0 Å². The second kappa shape index (κ2) is 11.3.